The predicted octanol–water partition coefficient (Wildman–Crippen LogP) is 4.76. The number of carbonyl (C=O) groups is 1. The highest BCUT2D eigenvalue weighted by atomic mass is 35.5. The maximum absolute atomic E-state index is 13.8. The lowest BCUT2D eigenvalue weighted by Gasteiger charge is -2.37. The fourth-order valence-electron chi connectivity index (χ4n) is 6.24. The van der Waals surface area contributed by atoms with Gasteiger partial charge >= 0.3 is 0 Å². The number of hydrogen-bond acceptors (Lipinski definition) is 7. The number of piperidine rings is 1. The van der Waals surface area contributed by atoms with Crippen LogP contribution >= 0.6 is 11.6 Å². The topological polar surface area (TPSA) is 113 Å². The molecule has 0 unspecified atom stereocenters. The van der Waals surface area contributed by atoms with Gasteiger partial charge in [0, 0.05) is 57.2 Å². The molecule has 0 saturated carbocycles. The second-order valence-corrected chi connectivity index (χ2v) is 13.0. The lowest BCUT2D eigenvalue weighted by atomic mass is 9.84. The molecule has 42 heavy (non-hydrogen) atoms. The van der Waals surface area contributed by atoms with E-state index in [0.717, 1.165) is 54.9 Å². The van der Waals surface area contributed by atoms with Gasteiger partial charge in [0.2, 0.25) is 10.0 Å². The van der Waals surface area contributed by atoms with Gasteiger partial charge in [-0.3, -0.25) is 4.79 Å². The van der Waals surface area contributed by atoms with Crippen molar-refractivity contribution in [2.24, 2.45) is 11.1 Å². The number of rotatable bonds is 6. The molecular weight excluding hydrogens is 572 g/mol. The molecule has 5 rings (SSSR count). The third-order valence-corrected chi connectivity index (χ3v) is 9.64. The average Bonchev–Trinajstić information content (AvgIpc) is 2.95. The van der Waals surface area contributed by atoms with Gasteiger partial charge < -0.3 is 14.7 Å². The van der Waals surface area contributed by atoms with Crippen LogP contribution in [0.25, 0.3) is 0 Å². The first-order valence-electron chi connectivity index (χ1n) is 14.0. The Morgan fingerprint density at radius 1 is 0.929 bits per heavy atom. The Morgan fingerprint density at radius 3 is 2.14 bits per heavy atom. The maximum Gasteiger partial charge on any atom is 0.254 e. The van der Waals surface area contributed by atoms with E-state index in [9.17, 15) is 13.2 Å². The summed E-state index contributed by atoms with van der Waals surface area (Å²) in [6, 6.07) is 8.90. The molecule has 2 N–H and O–H groups in total. The fourth-order valence-corrected chi connectivity index (χ4v) is 7.18. The van der Waals surface area contributed by atoms with Crippen molar-refractivity contribution in [1.82, 2.24) is 14.9 Å². The Balaban J connectivity index is 0.00000405. The zero-order valence-electron chi connectivity index (χ0n) is 23.8. The number of primary sulfonamides is 1. The third-order valence-electron chi connectivity index (χ3n) is 8.41. The van der Waals surface area contributed by atoms with Crippen LogP contribution < -0.4 is 14.9 Å². The highest BCUT2D eigenvalue weighted by Gasteiger charge is 2.29. The first-order chi connectivity index (χ1) is 19.5. The van der Waals surface area contributed by atoms with Crippen LogP contribution in [0.1, 0.15) is 52.9 Å². The van der Waals surface area contributed by atoms with Crippen LogP contribution in [0, 0.1) is 26.7 Å². The first kappa shape index (κ1) is 31.7. The molecule has 1 aromatic carbocycles. The Hall–Kier alpha value is -3.21. The smallest absolute Gasteiger partial charge is 0.254 e. The molecule has 0 spiro atoms. The van der Waals surface area contributed by atoms with Gasteiger partial charge in [-0.1, -0.05) is 25.1 Å². The second kappa shape index (κ2) is 13.0. The number of aromatic nitrogens is 2. The van der Waals surface area contributed by atoms with E-state index in [1.54, 1.807) is 18.5 Å². The van der Waals surface area contributed by atoms with Gasteiger partial charge in [0.05, 0.1) is 5.02 Å². The van der Waals surface area contributed by atoms with Gasteiger partial charge in [-0.25, -0.2) is 23.5 Å². The van der Waals surface area contributed by atoms with E-state index in [2.05, 4.69) is 34.8 Å². The molecule has 0 radical (unpaired) electrons. The molecule has 11 heteroatoms. The van der Waals surface area contributed by atoms with Crippen LogP contribution in [0.4, 0.5) is 11.6 Å². The molecule has 2 aromatic heterocycles. The molecule has 2 aliphatic rings. The third kappa shape index (κ3) is 6.55. The van der Waals surface area contributed by atoms with E-state index in [-0.39, 0.29) is 18.2 Å². The fraction of sp³-hybridized carbons (Fsp3) is 0.452. The SMILES string of the molecule is C.Cc1cc(C)c(C(=O)N2CCN(c3ncccc3S(N)(=O)=O)CC2)c(C)c1CC1CCN(c2ncccc2Cl)CC1. The average molecular weight is 613 g/mol. The lowest BCUT2D eigenvalue weighted by Crippen LogP contribution is -2.49. The Morgan fingerprint density at radius 2 is 1.52 bits per heavy atom. The standard InChI is InChI=1S/C30H37ClN6O3S.CH4/c1-20-18-21(2)27(22(3)24(20)19-23-8-12-35(13-9-23)28-25(31)6-4-10-33-28)30(38)37-16-14-36(15-17-37)29-26(41(32,39)40)7-5-11-34-29;/h4-7,10-11,18,23H,8-9,12-17,19H2,1-3H3,(H2,32,39,40);1H4. The number of piperazine rings is 1. The van der Waals surface area contributed by atoms with Crippen molar-refractivity contribution in [3.8, 4) is 0 Å². The van der Waals surface area contributed by atoms with Crippen LogP contribution in [0.5, 0.6) is 0 Å². The molecule has 1 amide bonds. The zero-order valence-corrected chi connectivity index (χ0v) is 25.4. The summed E-state index contributed by atoms with van der Waals surface area (Å²) in [6.07, 6.45) is 6.36. The minimum absolute atomic E-state index is 0. The van der Waals surface area contributed by atoms with Gasteiger partial charge in [-0.05, 0) is 92.5 Å². The highest BCUT2D eigenvalue weighted by molar-refractivity contribution is 7.89. The first-order valence-corrected chi connectivity index (χ1v) is 15.9. The number of aryl methyl sites for hydroxylation is 2. The normalized spacial score (nSPS) is 16.4. The quantitative estimate of drug-likeness (QED) is 0.427. The Kier molecular flexibility index (Phi) is 9.80. The Bertz CT molecular complexity index is 1550. The minimum Gasteiger partial charge on any atom is -0.355 e. The van der Waals surface area contributed by atoms with Crippen LogP contribution in [0.2, 0.25) is 5.02 Å². The van der Waals surface area contributed by atoms with Crippen molar-refractivity contribution in [3.63, 3.8) is 0 Å². The van der Waals surface area contributed by atoms with E-state index in [1.165, 1.54) is 17.2 Å². The van der Waals surface area contributed by atoms with Crippen molar-refractivity contribution in [2.45, 2.75) is 52.4 Å². The minimum atomic E-state index is -3.90. The maximum atomic E-state index is 13.8. The van der Waals surface area contributed by atoms with Gasteiger partial charge in [-0.15, -0.1) is 0 Å². The summed E-state index contributed by atoms with van der Waals surface area (Å²) >= 11 is 6.38. The van der Waals surface area contributed by atoms with E-state index in [4.69, 9.17) is 16.7 Å². The van der Waals surface area contributed by atoms with Gasteiger partial charge in [-0.2, -0.15) is 0 Å². The molecule has 2 aliphatic heterocycles. The molecule has 0 aliphatic carbocycles. The Labute approximate surface area is 254 Å². The molecular formula is C31H41ClN6O3S. The number of nitrogens with zero attached hydrogens (tertiary/aromatic N) is 5. The summed E-state index contributed by atoms with van der Waals surface area (Å²) in [4.78, 5) is 28.6. The van der Waals surface area contributed by atoms with E-state index in [1.807, 2.05) is 28.9 Å². The van der Waals surface area contributed by atoms with Crippen LogP contribution in [-0.4, -0.2) is 68.5 Å². The number of amides is 1. The van der Waals surface area contributed by atoms with Crippen LogP contribution in [0.15, 0.2) is 47.6 Å². The van der Waals surface area contributed by atoms with Crippen molar-refractivity contribution >= 4 is 39.2 Å². The van der Waals surface area contributed by atoms with E-state index >= 15 is 0 Å². The number of halogens is 1. The molecule has 0 atom stereocenters. The van der Waals surface area contributed by atoms with Gasteiger partial charge in [0.25, 0.3) is 5.91 Å². The monoisotopic (exact) mass is 612 g/mol. The van der Waals surface area contributed by atoms with Gasteiger partial charge in [0.1, 0.15) is 16.5 Å². The van der Waals surface area contributed by atoms with Crippen molar-refractivity contribution < 1.29 is 13.2 Å². The number of sulfonamides is 1. The van der Waals surface area contributed by atoms with Crippen molar-refractivity contribution in [1.29, 1.82) is 0 Å². The number of nitrogens with two attached hydrogens (primary N) is 1. The summed E-state index contributed by atoms with van der Waals surface area (Å²) in [5.41, 5.74) is 5.31. The molecule has 2 fully saturated rings. The molecule has 2 saturated heterocycles. The molecule has 3 aromatic rings. The van der Waals surface area contributed by atoms with Crippen LogP contribution in [-0.2, 0) is 16.4 Å². The summed E-state index contributed by atoms with van der Waals surface area (Å²) in [6.45, 7) is 9.92. The largest absolute Gasteiger partial charge is 0.355 e. The summed E-state index contributed by atoms with van der Waals surface area (Å²) in [7, 11) is -3.90. The molecule has 4 heterocycles. The number of pyridine rings is 2. The number of hydrogen-bond donors (Lipinski definition) is 1. The molecule has 9 nitrogen and oxygen atoms in total. The lowest BCUT2D eigenvalue weighted by molar-refractivity contribution is 0.0744. The summed E-state index contributed by atoms with van der Waals surface area (Å²) < 4.78 is 24.1. The number of carbonyl (C=O) groups excluding carboxylic acids is 1. The molecule has 0 bridgehead atoms. The zero-order chi connectivity index (χ0) is 29.3. The summed E-state index contributed by atoms with van der Waals surface area (Å²) in [5, 5.41) is 6.10. The van der Waals surface area contributed by atoms with Crippen molar-refractivity contribution in [2.75, 3.05) is 49.1 Å². The van der Waals surface area contributed by atoms with E-state index in [0.29, 0.717) is 42.9 Å². The second-order valence-electron chi connectivity index (χ2n) is 11.1. The van der Waals surface area contributed by atoms with Crippen molar-refractivity contribution in [3.05, 3.63) is 75.6 Å². The van der Waals surface area contributed by atoms with Crippen LogP contribution in [0.3, 0.4) is 0 Å². The number of anilines is 2. The van der Waals surface area contributed by atoms with E-state index < -0.39 is 10.0 Å². The van der Waals surface area contributed by atoms with Gasteiger partial charge in [0.15, 0.2) is 0 Å². The molecule has 226 valence electrons. The summed E-state index contributed by atoms with van der Waals surface area (Å²) in [5.74, 6) is 1.73. The number of benzene rings is 1. The predicted molar refractivity (Wildman–Crippen MR) is 169 cm³/mol. The highest BCUT2D eigenvalue weighted by Crippen LogP contribution is 2.32.